The maximum absolute atomic E-state index is 5.54. The van der Waals surface area contributed by atoms with Crippen molar-refractivity contribution in [2.24, 2.45) is 10.8 Å². The van der Waals surface area contributed by atoms with Gasteiger partial charge in [0, 0.05) is 26.0 Å². The molecule has 0 aromatic carbocycles. The molecule has 6 heteroatoms. The smallest absolute Gasteiger partial charge is 0.208 e. The summed E-state index contributed by atoms with van der Waals surface area (Å²) in [4.78, 5) is 6.61. The number of hydrogen-bond acceptors (Lipinski definition) is 4. The fourth-order valence-electron chi connectivity index (χ4n) is 1.59. The Bertz CT molecular complexity index is 226. The van der Waals surface area contributed by atoms with Gasteiger partial charge in [-0.3, -0.25) is 5.43 Å². The second kappa shape index (κ2) is 9.56. The second-order valence-electron chi connectivity index (χ2n) is 4.03. The molecular formula is C11H26N4OS. The Morgan fingerprint density at radius 3 is 2.65 bits per heavy atom. The number of rotatable bonds is 7. The van der Waals surface area contributed by atoms with Crippen LogP contribution in [-0.4, -0.2) is 55.7 Å². The fourth-order valence-corrected chi connectivity index (χ4v) is 2.43. The summed E-state index contributed by atoms with van der Waals surface area (Å²) in [5.41, 5.74) is 2.68. The summed E-state index contributed by atoms with van der Waals surface area (Å²) in [7, 11) is 3.69. The normalized spacial score (nSPS) is 15.5. The lowest BCUT2D eigenvalue weighted by Gasteiger charge is -2.29. The molecule has 0 bridgehead atoms. The van der Waals surface area contributed by atoms with E-state index < -0.39 is 0 Å². The van der Waals surface area contributed by atoms with E-state index in [0.29, 0.717) is 12.6 Å². The van der Waals surface area contributed by atoms with Crippen molar-refractivity contribution in [3.63, 3.8) is 0 Å². The van der Waals surface area contributed by atoms with Crippen LogP contribution < -0.4 is 11.3 Å². The molecule has 2 unspecified atom stereocenters. The van der Waals surface area contributed by atoms with Crippen molar-refractivity contribution >= 4 is 17.7 Å². The monoisotopic (exact) mass is 262 g/mol. The van der Waals surface area contributed by atoms with Crippen molar-refractivity contribution in [3.05, 3.63) is 0 Å². The minimum absolute atomic E-state index is 0.0975. The molecule has 0 fully saturated rings. The molecule has 0 saturated heterocycles. The van der Waals surface area contributed by atoms with Crippen molar-refractivity contribution in [3.8, 4) is 0 Å². The molecule has 0 aromatic heterocycles. The van der Waals surface area contributed by atoms with E-state index in [1.54, 1.807) is 7.11 Å². The van der Waals surface area contributed by atoms with Crippen molar-refractivity contribution in [1.29, 1.82) is 0 Å². The first-order chi connectivity index (χ1) is 8.10. The van der Waals surface area contributed by atoms with Crippen LogP contribution in [0.1, 0.15) is 20.3 Å². The van der Waals surface area contributed by atoms with Gasteiger partial charge in [-0.1, -0.05) is 6.92 Å². The van der Waals surface area contributed by atoms with Crippen LogP contribution in [0.15, 0.2) is 4.99 Å². The number of ether oxygens (including phenoxy) is 1. The summed E-state index contributed by atoms with van der Waals surface area (Å²) >= 11 is 1.83. The van der Waals surface area contributed by atoms with Gasteiger partial charge in [-0.05, 0) is 19.6 Å². The number of guanidine groups is 1. The summed E-state index contributed by atoms with van der Waals surface area (Å²) in [6.45, 7) is 4.77. The highest BCUT2D eigenvalue weighted by molar-refractivity contribution is 7.98. The molecule has 0 spiro atoms. The Labute approximate surface area is 109 Å². The highest BCUT2D eigenvalue weighted by Crippen LogP contribution is 2.08. The Hall–Kier alpha value is -0.460. The predicted molar refractivity (Wildman–Crippen MR) is 76.3 cm³/mol. The minimum atomic E-state index is 0.0975. The molecule has 0 aromatic rings. The van der Waals surface area contributed by atoms with Gasteiger partial charge in [0.1, 0.15) is 0 Å². The third-order valence-corrected chi connectivity index (χ3v) is 3.31. The first-order valence-electron chi connectivity index (χ1n) is 5.85. The van der Waals surface area contributed by atoms with E-state index in [4.69, 9.17) is 10.6 Å². The first-order valence-corrected chi connectivity index (χ1v) is 7.25. The number of hydrogen-bond donors (Lipinski definition) is 2. The zero-order chi connectivity index (χ0) is 13.3. The minimum Gasteiger partial charge on any atom is -0.382 e. The molecule has 0 aliphatic carbocycles. The Kier molecular flexibility index (Phi) is 9.30. The van der Waals surface area contributed by atoms with Gasteiger partial charge in [-0.2, -0.15) is 11.8 Å². The van der Waals surface area contributed by atoms with Crippen LogP contribution in [0, 0.1) is 0 Å². The van der Waals surface area contributed by atoms with E-state index in [1.165, 1.54) is 0 Å². The van der Waals surface area contributed by atoms with E-state index in [0.717, 1.165) is 18.1 Å². The van der Waals surface area contributed by atoms with Crippen LogP contribution in [0.5, 0.6) is 0 Å². The second-order valence-corrected chi connectivity index (χ2v) is 4.94. The topological polar surface area (TPSA) is 62.9 Å². The maximum Gasteiger partial charge on any atom is 0.208 e. The molecule has 0 radical (unpaired) electrons. The molecule has 5 nitrogen and oxygen atoms in total. The molecular weight excluding hydrogens is 236 g/mol. The summed E-state index contributed by atoms with van der Waals surface area (Å²) in [6, 6.07) is 0.537. The SMILES string of the molecule is CCC(CSC)N(C)C(=NC(C)COC)NN. The lowest BCUT2D eigenvalue weighted by molar-refractivity contribution is 0.185. The van der Waals surface area contributed by atoms with Gasteiger partial charge in [0.2, 0.25) is 5.96 Å². The predicted octanol–water partition coefficient (Wildman–Crippen LogP) is 0.914. The quantitative estimate of drug-likeness (QED) is 0.309. The highest BCUT2D eigenvalue weighted by Gasteiger charge is 2.16. The average Bonchev–Trinajstić information content (AvgIpc) is 2.32. The Morgan fingerprint density at radius 2 is 2.24 bits per heavy atom. The number of hydrazine groups is 1. The number of methoxy groups -OCH3 is 1. The van der Waals surface area contributed by atoms with E-state index in [-0.39, 0.29) is 6.04 Å². The van der Waals surface area contributed by atoms with Crippen molar-refractivity contribution in [1.82, 2.24) is 10.3 Å². The molecule has 0 saturated carbocycles. The van der Waals surface area contributed by atoms with E-state index in [1.807, 2.05) is 25.7 Å². The molecule has 0 amide bonds. The molecule has 102 valence electrons. The molecule has 3 N–H and O–H groups in total. The van der Waals surface area contributed by atoms with E-state index in [2.05, 4.69) is 28.5 Å². The molecule has 2 atom stereocenters. The Morgan fingerprint density at radius 1 is 1.59 bits per heavy atom. The van der Waals surface area contributed by atoms with Gasteiger partial charge in [0.25, 0.3) is 0 Å². The van der Waals surface area contributed by atoms with E-state index in [9.17, 15) is 0 Å². The number of nitrogens with one attached hydrogen (secondary N) is 1. The van der Waals surface area contributed by atoms with Gasteiger partial charge >= 0.3 is 0 Å². The first kappa shape index (κ1) is 16.5. The number of thioether (sulfide) groups is 1. The van der Waals surface area contributed by atoms with Crippen LogP contribution in [0.4, 0.5) is 0 Å². The molecule has 0 aliphatic rings. The summed E-state index contributed by atoms with van der Waals surface area (Å²) in [5, 5.41) is 0. The van der Waals surface area contributed by atoms with Gasteiger partial charge in [0.05, 0.1) is 12.6 Å². The lowest BCUT2D eigenvalue weighted by Crippen LogP contribution is -2.48. The molecule has 0 rings (SSSR count). The van der Waals surface area contributed by atoms with Crippen LogP contribution >= 0.6 is 11.8 Å². The lowest BCUT2D eigenvalue weighted by atomic mass is 10.2. The van der Waals surface area contributed by atoms with Crippen LogP contribution in [0.3, 0.4) is 0 Å². The van der Waals surface area contributed by atoms with Crippen LogP contribution in [0.2, 0.25) is 0 Å². The van der Waals surface area contributed by atoms with Crippen molar-refractivity contribution in [2.75, 3.05) is 32.8 Å². The molecule has 17 heavy (non-hydrogen) atoms. The van der Waals surface area contributed by atoms with Crippen molar-refractivity contribution < 1.29 is 4.74 Å². The van der Waals surface area contributed by atoms with Gasteiger partial charge in [-0.25, -0.2) is 10.8 Å². The standard InChI is InChI=1S/C11H26N4OS/c1-6-10(8-17-5)15(3)11(14-12)13-9(2)7-16-4/h9-10H,6-8,12H2,1-5H3,(H,13,14). The van der Waals surface area contributed by atoms with Crippen LogP contribution in [-0.2, 0) is 4.74 Å². The van der Waals surface area contributed by atoms with E-state index >= 15 is 0 Å². The van der Waals surface area contributed by atoms with Crippen LogP contribution in [0.25, 0.3) is 0 Å². The Balaban J connectivity index is 4.61. The van der Waals surface area contributed by atoms with Crippen molar-refractivity contribution in [2.45, 2.75) is 32.4 Å². The van der Waals surface area contributed by atoms with Gasteiger partial charge in [-0.15, -0.1) is 0 Å². The third kappa shape index (κ3) is 6.14. The number of nitrogens with two attached hydrogens (primary N) is 1. The molecule has 0 aliphatic heterocycles. The zero-order valence-corrected chi connectivity index (χ0v) is 12.4. The molecule has 0 heterocycles. The largest absolute Gasteiger partial charge is 0.382 e. The third-order valence-electron chi connectivity index (χ3n) is 2.59. The summed E-state index contributed by atoms with van der Waals surface area (Å²) in [6.07, 6.45) is 3.17. The number of aliphatic imine (C=N–C) groups is 1. The highest BCUT2D eigenvalue weighted by atomic mass is 32.2. The zero-order valence-electron chi connectivity index (χ0n) is 11.6. The maximum atomic E-state index is 5.54. The summed E-state index contributed by atoms with van der Waals surface area (Å²) in [5.74, 6) is 7.32. The average molecular weight is 262 g/mol. The fraction of sp³-hybridized carbons (Fsp3) is 0.909. The van der Waals surface area contributed by atoms with Gasteiger partial charge in [0.15, 0.2) is 0 Å². The van der Waals surface area contributed by atoms with Gasteiger partial charge < -0.3 is 9.64 Å². The number of nitrogens with zero attached hydrogens (tertiary/aromatic N) is 2. The summed E-state index contributed by atoms with van der Waals surface area (Å²) < 4.78 is 5.06.